The third kappa shape index (κ3) is 4.96. The first kappa shape index (κ1) is 23.8. The van der Waals surface area contributed by atoms with Gasteiger partial charge in [0.1, 0.15) is 18.1 Å². The molecular formula is C23H13F3N2O6S. The molecule has 0 aliphatic carbocycles. The Bertz CT molecular complexity index is 1420. The van der Waals surface area contributed by atoms with Crippen molar-refractivity contribution in [2.75, 3.05) is 11.9 Å². The SMILES string of the molecule is O=C(CN1C(=O)S/C(=C/c2ccc(-c3cccc(C(=O)O)c3)o2)C1=O)Nc1ccc(F)c(F)c1F. The maximum atomic E-state index is 13.8. The summed E-state index contributed by atoms with van der Waals surface area (Å²) in [4.78, 5) is 48.7. The van der Waals surface area contributed by atoms with Crippen LogP contribution in [-0.4, -0.2) is 39.6 Å². The van der Waals surface area contributed by atoms with E-state index >= 15 is 0 Å². The number of carbonyl (C=O) groups excluding carboxylic acids is 3. The minimum atomic E-state index is -1.77. The van der Waals surface area contributed by atoms with E-state index in [0.717, 1.165) is 6.07 Å². The lowest BCUT2D eigenvalue weighted by Gasteiger charge is -2.13. The van der Waals surface area contributed by atoms with Gasteiger partial charge in [-0.2, -0.15) is 0 Å². The van der Waals surface area contributed by atoms with Crippen LogP contribution in [-0.2, 0) is 9.59 Å². The number of benzene rings is 2. The standard InChI is InChI=1S/C23H13F3N2O6S/c24-14-5-6-15(20(26)19(14)25)27-18(29)10-28-21(30)17(35-23(28)33)9-13-4-7-16(34-13)11-2-1-3-12(8-11)22(31)32/h1-9H,10H2,(H,27,29)(H,31,32)/b17-9+. The fourth-order valence-corrected chi connectivity index (χ4v) is 3.93. The molecule has 2 N–H and O–H groups in total. The number of carboxylic acids is 1. The summed E-state index contributed by atoms with van der Waals surface area (Å²) in [5, 5.41) is 10.3. The van der Waals surface area contributed by atoms with Crippen molar-refractivity contribution < 1.29 is 41.9 Å². The zero-order valence-corrected chi connectivity index (χ0v) is 18.2. The van der Waals surface area contributed by atoms with Crippen LogP contribution in [0.15, 0.2) is 57.9 Å². The molecule has 0 unspecified atom stereocenters. The van der Waals surface area contributed by atoms with E-state index in [-0.39, 0.29) is 16.2 Å². The quantitative estimate of drug-likeness (QED) is 0.370. The van der Waals surface area contributed by atoms with Gasteiger partial charge in [0.15, 0.2) is 17.5 Å². The Labute approximate surface area is 199 Å². The molecule has 3 amide bonds. The predicted octanol–water partition coefficient (Wildman–Crippen LogP) is 4.74. The number of carboxylic acid groups (broad SMARTS) is 1. The zero-order valence-electron chi connectivity index (χ0n) is 17.4. The number of aromatic carboxylic acids is 1. The van der Waals surface area contributed by atoms with Crippen LogP contribution in [0.5, 0.6) is 0 Å². The van der Waals surface area contributed by atoms with Crippen LogP contribution in [0.1, 0.15) is 16.1 Å². The number of nitrogens with one attached hydrogen (secondary N) is 1. The second-order valence-corrected chi connectivity index (χ2v) is 8.12. The van der Waals surface area contributed by atoms with E-state index in [4.69, 9.17) is 9.52 Å². The number of hydrogen-bond donors (Lipinski definition) is 2. The number of anilines is 1. The Kier molecular flexibility index (Phi) is 6.47. The third-order valence-electron chi connectivity index (χ3n) is 4.78. The van der Waals surface area contributed by atoms with Gasteiger partial charge >= 0.3 is 5.97 Å². The Morgan fingerprint density at radius 1 is 1.06 bits per heavy atom. The van der Waals surface area contributed by atoms with Crippen LogP contribution >= 0.6 is 11.8 Å². The Balaban J connectivity index is 1.47. The number of amides is 3. The molecule has 1 aliphatic heterocycles. The lowest BCUT2D eigenvalue weighted by Crippen LogP contribution is -2.36. The van der Waals surface area contributed by atoms with Gasteiger partial charge in [-0.25, -0.2) is 18.0 Å². The molecule has 0 spiro atoms. The van der Waals surface area contributed by atoms with Crippen LogP contribution in [0, 0.1) is 17.5 Å². The number of halogens is 3. The molecule has 8 nitrogen and oxygen atoms in total. The van der Waals surface area contributed by atoms with Gasteiger partial charge in [-0.1, -0.05) is 12.1 Å². The predicted molar refractivity (Wildman–Crippen MR) is 119 cm³/mol. The van der Waals surface area contributed by atoms with Crippen molar-refractivity contribution in [3.63, 3.8) is 0 Å². The van der Waals surface area contributed by atoms with Crippen LogP contribution < -0.4 is 5.32 Å². The summed E-state index contributed by atoms with van der Waals surface area (Å²) >= 11 is 0.541. The van der Waals surface area contributed by atoms with Crippen molar-refractivity contribution in [2.45, 2.75) is 0 Å². The largest absolute Gasteiger partial charge is 0.478 e. The highest BCUT2D eigenvalue weighted by atomic mass is 32.2. The number of nitrogens with zero attached hydrogens (tertiary/aromatic N) is 1. The van der Waals surface area contributed by atoms with Gasteiger partial charge in [-0.15, -0.1) is 0 Å². The number of imide groups is 1. The maximum Gasteiger partial charge on any atom is 0.335 e. The highest BCUT2D eigenvalue weighted by Gasteiger charge is 2.36. The smallest absolute Gasteiger partial charge is 0.335 e. The van der Waals surface area contributed by atoms with Crippen molar-refractivity contribution in [2.24, 2.45) is 0 Å². The Morgan fingerprint density at radius 3 is 2.57 bits per heavy atom. The summed E-state index contributed by atoms with van der Waals surface area (Å²) in [6.45, 7) is -0.786. The van der Waals surface area contributed by atoms with Gasteiger partial charge in [-0.3, -0.25) is 19.3 Å². The average Bonchev–Trinajstić information content (AvgIpc) is 3.40. The summed E-state index contributed by atoms with van der Waals surface area (Å²) < 4.78 is 45.7. The van der Waals surface area contributed by atoms with E-state index < -0.39 is 52.7 Å². The molecule has 1 fully saturated rings. The average molecular weight is 502 g/mol. The van der Waals surface area contributed by atoms with Crippen molar-refractivity contribution in [1.29, 1.82) is 0 Å². The van der Waals surface area contributed by atoms with E-state index in [1.54, 1.807) is 18.2 Å². The summed E-state index contributed by atoms with van der Waals surface area (Å²) in [6.07, 6.45) is 1.28. The number of thioether (sulfide) groups is 1. The number of rotatable bonds is 6. The summed E-state index contributed by atoms with van der Waals surface area (Å²) in [6, 6.07) is 10.5. The monoisotopic (exact) mass is 502 g/mol. The topological polar surface area (TPSA) is 117 Å². The van der Waals surface area contributed by atoms with Crippen molar-refractivity contribution in [1.82, 2.24) is 4.90 Å². The lowest BCUT2D eigenvalue weighted by atomic mass is 10.1. The highest BCUT2D eigenvalue weighted by Crippen LogP contribution is 2.33. The molecule has 2 aromatic carbocycles. The van der Waals surface area contributed by atoms with Gasteiger partial charge in [0.25, 0.3) is 11.1 Å². The molecule has 1 saturated heterocycles. The molecule has 0 saturated carbocycles. The first-order chi connectivity index (χ1) is 16.6. The summed E-state index contributed by atoms with van der Waals surface area (Å²) in [5.41, 5.74) is -0.103. The van der Waals surface area contributed by atoms with E-state index in [2.05, 4.69) is 0 Å². The third-order valence-corrected chi connectivity index (χ3v) is 5.69. The van der Waals surface area contributed by atoms with Crippen LogP contribution in [0.4, 0.5) is 23.7 Å². The number of hydrogen-bond acceptors (Lipinski definition) is 6. The first-order valence-corrected chi connectivity index (χ1v) is 10.6. The molecule has 2 heterocycles. The fourth-order valence-electron chi connectivity index (χ4n) is 3.11. The second-order valence-electron chi connectivity index (χ2n) is 7.13. The van der Waals surface area contributed by atoms with Gasteiger partial charge in [0.05, 0.1) is 16.2 Å². The normalized spacial score (nSPS) is 14.6. The molecule has 3 aromatic rings. The van der Waals surface area contributed by atoms with E-state index in [0.29, 0.717) is 34.1 Å². The van der Waals surface area contributed by atoms with Gasteiger partial charge in [0.2, 0.25) is 5.91 Å². The molecule has 0 bridgehead atoms. The maximum absolute atomic E-state index is 13.8. The van der Waals surface area contributed by atoms with Crippen LogP contribution in [0.2, 0.25) is 0 Å². The number of carbonyl (C=O) groups is 4. The molecular weight excluding hydrogens is 489 g/mol. The fraction of sp³-hybridized carbons (Fsp3) is 0.0435. The zero-order chi connectivity index (χ0) is 25.3. The van der Waals surface area contributed by atoms with Crippen LogP contribution in [0.25, 0.3) is 17.4 Å². The summed E-state index contributed by atoms with van der Waals surface area (Å²) in [7, 11) is 0. The van der Waals surface area contributed by atoms with Gasteiger partial charge in [-0.05, 0) is 48.2 Å². The number of furan rings is 1. The molecule has 0 atom stereocenters. The van der Waals surface area contributed by atoms with Gasteiger partial charge < -0.3 is 14.8 Å². The highest BCUT2D eigenvalue weighted by molar-refractivity contribution is 8.18. The molecule has 35 heavy (non-hydrogen) atoms. The molecule has 4 rings (SSSR count). The minimum Gasteiger partial charge on any atom is -0.478 e. The van der Waals surface area contributed by atoms with Crippen molar-refractivity contribution in [3.05, 3.63) is 82.2 Å². The van der Waals surface area contributed by atoms with Gasteiger partial charge in [0, 0.05) is 11.6 Å². The first-order valence-electron chi connectivity index (χ1n) is 9.76. The Hall–Kier alpha value is -4.32. The van der Waals surface area contributed by atoms with E-state index in [9.17, 15) is 32.3 Å². The van der Waals surface area contributed by atoms with Crippen molar-refractivity contribution in [3.8, 4) is 11.3 Å². The lowest BCUT2D eigenvalue weighted by molar-refractivity contribution is -0.127. The second kappa shape index (κ2) is 9.50. The Morgan fingerprint density at radius 2 is 1.83 bits per heavy atom. The van der Waals surface area contributed by atoms with Crippen molar-refractivity contribution >= 4 is 46.5 Å². The molecule has 0 radical (unpaired) electrons. The molecule has 1 aromatic heterocycles. The van der Waals surface area contributed by atoms with Crippen LogP contribution in [0.3, 0.4) is 0 Å². The van der Waals surface area contributed by atoms with E-state index in [1.165, 1.54) is 24.3 Å². The molecule has 178 valence electrons. The minimum absolute atomic E-state index is 0.0537. The van der Waals surface area contributed by atoms with E-state index in [1.807, 2.05) is 5.32 Å². The summed E-state index contributed by atoms with van der Waals surface area (Å²) in [5.74, 6) is -7.23. The molecule has 1 aliphatic rings. The molecule has 12 heteroatoms.